The molecule has 0 saturated carbocycles. The van der Waals surface area contributed by atoms with Crippen molar-refractivity contribution in [3.8, 4) is 0 Å². The second-order valence-corrected chi connectivity index (χ2v) is 8.77. The van der Waals surface area contributed by atoms with Gasteiger partial charge in [0.2, 0.25) is 10.0 Å². The Bertz CT molecular complexity index is 874. The fourth-order valence-corrected chi connectivity index (χ4v) is 3.62. The normalized spacial score (nSPS) is 12.8. The Hall–Kier alpha value is -2.22. The summed E-state index contributed by atoms with van der Waals surface area (Å²) in [6.07, 6.45) is 0. The van der Waals surface area contributed by atoms with Gasteiger partial charge in [-0.05, 0) is 41.3 Å². The molecule has 0 saturated heterocycles. The highest BCUT2D eigenvalue weighted by atomic mass is 32.2. The zero-order valence-corrected chi connectivity index (χ0v) is 17.0. The highest BCUT2D eigenvalue weighted by Crippen LogP contribution is 2.18. The molecule has 7 heteroatoms. The molecule has 0 aromatic heterocycles. The van der Waals surface area contributed by atoms with Crippen LogP contribution in [0.3, 0.4) is 0 Å². The Balaban J connectivity index is 2.04. The number of nitrogens with two attached hydrogens (primary N) is 1. The predicted molar refractivity (Wildman–Crippen MR) is 107 cm³/mol. The van der Waals surface area contributed by atoms with Crippen LogP contribution in [0.2, 0.25) is 0 Å². The molecule has 0 radical (unpaired) electrons. The fourth-order valence-electron chi connectivity index (χ4n) is 2.56. The Kier molecular flexibility index (Phi) is 6.75. The summed E-state index contributed by atoms with van der Waals surface area (Å²) in [7, 11) is -0.418. The Morgan fingerprint density at radius 2 is 1.52 bits per heavy atom. The molecule has 0 fully saturated rings. The van der Waals surface area contributed by atoms with E-state index in [4.69, 9.17) is 5.73 Å². The lowest BCUT2D eigenvalue weighted by atomic mass is 9.99. The van der Waals surface area contributed by atoms with Crippen LogP contribution in [-0.2, 0) is 10.0 Å². The molecule has 0 spiro atoms. The van der Waals surface area contributed by atoms with E-state index in [-0.39, 0.29) is 17.3 Å². The molecule has 1 amide bonds. The molecule has 27 heavy (non-hydrogen) atoms. The van der Waals surface area contributed by atoms with Gasteiger partial charge in [0.15, 0.2) is 0 Å². The van der Waals surface area contributed by atoms with Crippen LogP contribution in [-0.4, -0.2) is 39.9 Å². The number of sulfonamides is 1. The third-order valence-corrected chi connectivity index (χ3v) is 5.78. The Morgan fingerprint density at radius 1 is 1.00 bits per heavy atom. The van der Waals surface area contributed by atoms with E-state index in [9.17, 15) is 13.2 Å². The van der Waals surface area contributed by atoms with Crippen LogP contribution in [0.25, 0.3) is 0 Å². The van der Waals surface area contributed by atoms with Crippen LogP contribution in [0.15, 0.2) is 53.4 Å². The highest BCUT2D eigenvalue weighted by molar-refractivity contribution is 7.89. The second-order valence-electron chi connectivity index (χ2n) is 7.00. The standard InChI is InChI=1S/C20H27N3O3S/c1-14(2)15-5-7-16(8-6-15)19(21)13-22-27(25,26)18-11-9-17(10-12-18)20(24)23(3)4/h5-12,14,19,22H,13,21H2,1-4H3. The second kappa shape index (κ2) is 8.65. The lowest BCUT2D eigenvalue weighted by Gasteiger charge is -2.15. The van der Waals surface area contributed by atoms with E-state index >= 15 is 0 Å². The summed E-state index contributed by atoms with van der Waals surface area (Å²) in [4.78, 5) is 13.4. The minimum atomic E-state index is -3.70. The van der Waals surface area contributed by atoms with Gasteiger partial charge in [-0.1, -0.05) is 38.1 Å². The summed E-state index contributed by atoms with van der Waals surface area (Å²) in [5.41, 5.74) is 8.63. The maximum absolute atomic E-state index is 12.5. The third kappa shape index (κ3) is 5.38. The van der Waals surface area contributed by atoms with Crippen molar-refractivity contribution in [2.45, 2.75) is 30.7 Å². The summed E-state index contributed by atoms with van der Waals surface area (Å²) in [6.45, 7) is 4.31. The Morgan fingerprint density at radius 3 is 2.00 bits per heavy atom. The SMILES string of the molecule is CC(C)c1ccc(C(N)CNS(=O)(=O)c2ccc(C(=O)N(C)C)cc2)cc1. The highest BCUT2D eigenvalue weighted by Gasteiger charge is 2.17. The van der Waals surface area contributed by atoms with Gasteiger partial charge in [-0.25, -0.2) is 13.1 Å². The minimum Gasteiger partial charge on any atom is -0.345 e. The van der Waals surface area contributed by atoms with Crippen molar-refractivity contribution in [3.05, 3.63) is 65.2 Å². The van der Waals surface area contributed by atoms with Crippen molar-refractivity contribution in [2.75, 3.05) is 20.6 Å². The third-order valence-electron chi connectivity index (χ3n) is 4.34. The average Bonchev–Trinajstić information content (AvgIpc) is 2.65. The lowest BCUT2D eigenvalue weighted by Crippen LogP contribution is -2.32. The lowest BCUT2D eigenvalue weighted by molar-refractivity contribution is 0.0827. The molecule has 146 valence electrons. The maximum atomic E-state index is 12.5. The molecule has 2 aromatic carbocycles. The smallest absolute Gasteiger partial charge is 0.253 e. The first-order valence-corrected chi connectivity index (χ1v) is 10.3. The molecule has 2 aromatic rings. The molecule has 6 nitrogen and oxygen atoms in total. The summed E-state index contributed by atoms with van der Waals surface area (Å²) in [6, 6.07) is 13.3. The molecule has 2 rings (SSSR count). The largest absolute Gasteiger partial charge is 0.345 e. The van der Waals surface area contributed by atoms with Gasteiger partial charge in [-0.15, -0.1) is 0 Å². The zero-order valence-electron chi connectivity index (χ0n) is 16.1. The van der Waals surface area contributed by atoms with Crippen LogP contribution in [0.5, 0.6) is 0 Å². The molecule has 0 aliphatic rings. The number of rotatable bonds is 7. The number of amides is 1. The van der Waals surface area contributed by atoms with E-state index in [0.29, 0.717) is 11.5 Å². The molecule has 3 N–H and O–H groups in total. The van der Waals surface area contributed by atoms with Gasteiger partial charge >= 0.3 is 0 Å². The van der Waals surface area contributed by atoms with Gasteiger partial charge in [0.05, 0.1) is 4.90 Å². The van der Waals surface area contributed by atoms with Gasteiger partial charge in [-0.2, -0.15) is 0 Å². The molecule has 0 aliphatic carbocycles. The molecule has 1 unspecified atom stereocenters. The van der Waals surface area contributed by atoms with E-state index in [0.717, 1.165) is 5.56 Å². The van der Waals surface area contributed by atoms with Crippen molar-refractivity contribution in [1.29, 1.82) is 0 Å². The van der Waals surface area contributed by atoms with E-state index in [1.807, 2.05) is 24.3 Å². The quantitative estimate of drug-likeness (QED) is 0.761. The first-order valence-electron chi connectivity index (χ1n) is 8.78. The van der Waals surface area contributed by atoms with E-state index < -0.39 is 16.1 Å². The van der Waals surface area contributed by atoms with E-state index in [1.165, 1.54) is 34.7 Å². The van der Waals surface area contributed by atoms with Crippen LogP contribution in [0, 0.1) is 0 Å². The maximum Gasteiger partial charge on any atom is 0.253 e. The molecular formula is C20H27N3O3S. The molecule has 0 bridgehead atoms. The molecule has 0 aliphatic heterocycles. The van der Waals surface area contributed by atoms with Crippen LogP contribution >= 0.6 is 0 Å². The zero-order chi connectivity index (χ0) is 20.2. The molecule has 1 atom stereocenters. The molecular weight excluding hydrogens is 362 g/mol. The minimum absolute atomic E-state index is 0.0851. The van der Waals surface area contributed by atoms with Crippen molar-refractivity contribution in [3.63, 3.8) is 0 Å². The first kappa shape index (κ1) is 21.1. The van der Waals surface area contributed by atoms with Crippen molar-refractivity contribution >= 4 is 15.9 Å². The van der Waals surface area contributed by atoms with Crippen LogP contribution in [0.1, 0.15) is 47.3 Å². The summed E-state index contributed by atoms with van der Waals surface area (Å²) in [5, 5.41) is 0. The van der Waals surface area contributed by atoms with Gasteiger partial charge in [0, 0.05) is 32.2 Å². The van der Waals surface area contributed by atoms with Gasteiger partial charge in [0.1, 0.15) is 0 Å². The van der Waals surface area contributed by atoms with Crippen LogP contribution < -0.4 is 10.5 Å². The van der Waals surface area contributed by atoms with Gasteiger partial charge in [0.25, 0.3) is 5.91 Å². The van der Waals surface area contributed by atoms with Crippen LogP contribution in [0.4, 0.5) is 0 Å². The molecule has 0 heterocycles. The van der Waals surface area contributed by atoms with Crippen molar-refractivity contribution < 1.29 is 13.2 Å². The predicted octanol–water partition coefficient (Wildman–Crippen LogP) is 2.49. The van der Waals surface area contributed by atoms with E-state index in [1.54, 1.807) is 14.1 Å². The first-order chi connectivity index (χ1) is 12.6. The topological polar surface area (TPSA) is 92.5 Å². The van der Waals surface area contributed by atoms with Crippen molar-refractivity contribution in [1.82, 2.24) is 9.62 Å². The Labute approximate surface area is 161 Å². The summed E-state index contributed by atoms with van der Waals surface area (Å²) in [5.74, 6) is 0.245. The summed E-state index contributed by atoms with van der Waals surface area (Å²) >= 11 is 0. The number of benzene rings is 2. The average molecular weight is 390 g/mol. The summed E-state index contributed by atoms with van der Waals surface area (Å²) < 4.78 is 27.5. The van der Waals surface area contributed by atoms with Gasteiger partial charge in [-0.3, -0.25) is 4.79 Å². The van der Waals surface area contributed by atoms with Gasteiger partial charge < -0.3 is 10.6 Å². The monoisotopic (exact) mass is 389 g/mol. The van der Waals surface area contributed by atoms with Crippen molar-refractivity contribution in [2.24, 2.45) is 5.73 Å². The van der Waals surface area contributed by atoms with E-state index in [2.05, 4.69) is 18.6 Å². The number of hydrogen-bond acceptors (Lipinski definition) is 4. The fraction of sp³-hybridized carbons (Fsp3) is 0.350. The number of nitrogens with one attached hydrogen (secondary N) is 1. The number of carbonyl (C=O) groups is 1. The number of carbonyl (C=O) groups excluding carboxylic acids is 1. The number of hydrogen-bond donors (Lipinski definition) is 2. The number of nitrogens with zero attached hydrogens (tertiary/aromatic N) is 1.